The fraction of sp³-hybridized carbons (Fsp3) is 0.429. The van der Waals surface area contributed by atoms with E-state index in [1.54, 1.807) is 19.2 Å². The van der Waals surface area contributed by atoms with Gasteiger partial charge < -0.3 is 15.5 Å². The summed E-state index contributed by atoms with van der Waals surface area (Å²) in [6.45, 7) is 1.54. The molecule has 0 radical (unpaired) electrons. The van der Waals surface area contributed by atoms with Crippen molar-refractivity contribution in [1.82, 2.24) is 5.32 Å². The summed E-state index contributed by atoms with van der Waals surface area (Å²) < 4.78 is 0. The minimum atomic E-state index is -1.23. The molecule has 0 aromatic heterocycles. The fourth-order valence-corrected chi connectivity index (χ4v) is 2.09. The molecule has 0 heterocycles. The van der Waals surface area contributed by atoms with Crippen LogP contribution in [0.2, 0.25) is 0 Å². The number of phenolic OH excluding ortho intramolecular Hbond substituents is 1. The number of urea groups is 1. The number of hydrogen-bond acceptors (Lipinski definition) is 3. The average molecular weight is 278 g/mol. The highest BCUT2D eigenvalue weighted by Gasteiger charge is 2.49. The Morgan fingerprint density at radius 1 is 1.30 bits per heavy atom. The van der Waals surface area contributed by atoms with Gasteiger partial charge >= 0.3 is 12.0 Å². The van der Waals surface area contributed by atoms with E-state index in [1.807, 2.05) is 0 Å². The van der Waals surface area contributed by atoms with Gasteiger partial charge in [0.1, 0.15) is 11.3 Å². The van der Waals surface area contributed by atoms with Crippen LogP contribution >= 0.6 is 0 Å². The molecular weight excluding hydrogens is 260 g/mol. The fourth-order valence-electron chi connectivity index (χ4n) is 2.09. The van der Waals surface area contributed by atoms with Crippen LogP contribution in [-0.2, 0) is 4.79 Å². The number of carbonyl (C=O) groups excluding carboxylic acids is 1. The lowest BCUT2D eigenvalue weighted by atomic mass is 9.96. The number of anilines is 1. The van der Waals surface area contributed by atoms with Gasteiger partial charge in [-0.25, -0.2) is 9.59 Å². The van der Waals surface area contributed by atoms with Crippen LogP contribution in [-0.4, -0.2) is 34.8 Å². The molecule has 1 fully saturated rings. The van der Waals surface area contributed by atoms with Gasteiger partial charge in [-0.2, -0.15) is 0 Å². The third kappa shape index (κ3) is 2.68. The number of carbonyl (C=O) groups is 2. The summed E-state index contributed by atoms with van der Waals surface area (Å²) in [5, 5.41) is 21.1. The summed E-state index contributed by atoms with van der Waals surface area (Å²) in [4.78, 5) is 24.9. The van der Waals surface area contributed by atoms with Crippen molar-refractivity contribution < 1.29 is 19.8 Å². The van der Waals surface area contributed by atoms with Gasteiger partial charge in [-0.05, 0) is 49.9 Å². The predicted molar refractivity (Wildman–Crippen MR) is 73.8 cm³/mol. The number of carboxylic acid groups (broad SMARTS) is 1. The van der Waals surface area contributed by atoms with Crippen molar-refractivity contribution in [2.45, 2.75) is 25.3 Å². The predicted octanol–water partition coefficient (Wildman–Crippen LogP) is 1.79. The number of aliphatic carboxylic acids is 1. The minimum Gasteiger partial charge on any atom is -0.508 e. The van der Waals surface area contributed by atoms with Gasteiger partial charge in [0.05, 0.1) is 0 Å². The van der Waals surface area contributed by atoms with Crippen LogP contribution in [0.3, 0.4) is 0 Å². The first-order chi connectivity index (χ1) is 9.34. The Labute approximate surface area is 117 Å². The van der Waals surface area contributed by atoms with E-state index in [4.69, 9.17) is 0 Å². The van der Waals surface area contributed by atoms with Crippen molar-refractivity contribution in [2.75, 3.05) is 11.9 Å². The third-order valence-corrected chi connectivity index (χ3v) is 3.75. The molecule has 1 aliphatic carbocycles. The molecule has 20 heavy (non-hydrogen) atoms. The molecule has 0 saturated heterocycles. The van der Waals surface area contributed by atoms with Crippen molar-refractivity contribution in [3.63, 3.8) is 0 Å². The maximum atomic E-state index is 12.2. The molecule has 3 N–H and O–H groups in total. The molecule has 0 bridgehead atoms. The van der Waals surface area contributed by atoms with Gasteiger partial charge in [0.15, 0.2) is 0 Å². The van der Waals surface area contributed by atoms with Crippen LogP contribution in [0.15, 0.2) is 24.3 Å². The van der Waals surface area contributed by atoms with Crippen LogP contribution < -0.4 is 10.2 Å². The van der Waals surface area contributed by atoms with Gasteiger partial charge in [-0.15, -0.1) is 0 Å². The Kier molecular flexibility index (Phi) is 3.57. The van der Waals surface area contributed by atoms with Crippen molar-refractivity contribution in [1.29, 1.82) is 0 Å². The molecule has 0 aliphatic heterocycles. The lowest BCUT2D eigenvalue weighted by molar-refractivity contribution is -0.144. The minimum absolute atomic E-state index is 0.0165. The molecule has 2 amide bonds. The van der Waals surface area contributed by atoms with Gasteiger partial charge in [0.2, 0.25) is 0 Å². The normalized spacial score (nSPS) is 17.1. The number of carboxylic acids is 1. The highest BCUT2D eigenvalue weighted by atomic mass is 16.4. The van der Waals surface area contributed by atoms with Crippen molar-refractivity contribution in [2.24, 2.45) is 5.92 Å². The Balaban J connectivity index is 2.10. The van der Waals surface area contributed by atoms with Crippen LogP contribution in [0, 0.1) is 5.92 Å². The van der Waals surface area contributed by atoms with Gasteiger partial charge in [0.25, 0.3) is 0 Å². The quantitative estimate of drug-likeness (QED) is 0.783. The lowest BCUT2D eigenvalue weighted by Gasteiger charge is -2.29. The van der Waals surface area contributed by atoms with Gasteiger partial charge in [-0.1, -0.05) is 0 Å². The Hall–Kier alpha value is -2.24. The van der Waals surface area contributed by atoms with E-state index in [9.17, 15) is 19.8 Å². The summed E-state index contributed by atoms with van der Waals surface area (Å²) in [6.07, 6.45) is 1.62. The number of nitrogens with one attached hydrogen (secondary N) is 1. The third-order valence-electron chi connectivity index (χ3n) is 3.75. The Morgan fingerprint density at radius 3 is 2.30 bits per heavy atom. The van der Waals surface area contributed by atoms with E-state index in [0.717, 1.165) is 12.8 Å². The summed E-state index contributed by atoms with van der Waals surface area (Å²) in [7, 11) is 1.55. The zero-order chi connectivity index (χ0) is 14.9. The topological polar surface area (TPSA) is 89.9 Å². The van der Waals surface area contributed by atoms with E-state index in [0.29, 0.717) is 5.69 Å². The standard InChI is InChI=1S/C14H18N2O4/c1-14(12(18)19,9-3-4-9)15-13(20)16(2)10-5-7-11(17)8-6-10/h5-9,17H,3-4H2,1-2H3,(H,15,20)(H,18,19). The van der Waals surface area contributed by atoms with Crippen molar-refractivity contribution in [3.8, 4) is 5.75 Å². The summed E-state index contributed by atoms with van der Waals surface area (Å²) in [5.41, 5.74) is -0.661. The molecular formula is C14H18N2O4. The second-order valence-corrected chi connectivity index (χ2v) is 5.29. The summed E-state index contributed by atoms with van der Waals surface area (Å²) in [6, 6.07) is 5.63. The number of phenols is 1. The first kappa shape index (κ1) is 14.2. The zero-order valence-electron chi connectivity index (χ0n) is 11.5. The van der Waals surface area contributed by atoms with Crippen LogP contribution in [0.1, 0.15) is 19.8 Å². The summed E-state index contributed by atoms with van der Waals surface area (Å²) in [5.74, 6) is -0.930. The van der Waals surface area contributed by atoms with Crippen molar-refractivity contribution in [3.05, 3.63) is 24.3 Å². The molecule has 1 aliphatic rings. The highest BCUT2D eigenvalue weighted by molar-refractivity contribution is 5.95. The highest BCUT2D eigenvalue weighted by Crippen LogP contribution is 2.39. The molecule has 6 heteroatoms. The monoisotopic (exact) mass is 278 g/mol. The maximum Gasteiger partial charge on any atom is 0.329 e. The molecule has 1 aromatic carbocycles. The number of hydrogen-bond donors (Lipinski definition) is 3. The van der Waals surface area contributed by atoms with Gasteiger partial charge in [-0.3, -0.25) is 4.90 Å². The molecule has 1 atom stereocenters. The Bertz CT molecular complexity index is 524. The number of rotatable bonds is 4. The smallest absolute Gasteiger partial charge is 0.329 e. The van der Waals surface area contributed by atoms with Crippen molar-refractivity contribution >= 4 is 17.7 Å². The first-order valence-corrected chi connectivity index (χ1v) is 6.43. The van der Waals surface area contributed by atoms with E-state index in [-0.39, 0.29) is 11.7 Å². The molecule has 2 rings (SSSR count). The van der Waals surface area contributed by atoms with Crippen LogP contribution in [0.4, 0.5) is 10.5 Å². The second kappa shape index (κ2) is 5.03. The second-order valence-electron chi connectivity index (χ2n) is 5.29. The summed E-state index contributed by atoms with van der Waals surface area (Å²) >= 11 is 0. The molecule has 1 aromatic rings. The van der Waals surface area contributed by atoms with E-state index in [1.165, 1.54) is 24.0 Å². The lowest BCUT2D eigenvalue weighted by Crippen LogP contribution is -2.57. The molecule has 6 nitrogen and oxygen atoms in total. The first-order valence-electron chi connectivity index (χ1n) is 6.43. The van der Waals surface area contributed by atoms with E-state index >= 15 is 0 Å². The number of amides is 2. The number of nitrogens with zero attached hydrogens (tertiary/aromatic N) is 1. The Morgan fingerprint density at radius 2 is 1.85 bits per heavy atom. The SMILES string of the molecule is CN(C(=O)NC(C)(C(=O)O)C1CC1)c1ccc(O)cc1. The number of benzene rings is 1. The maximum absolute atomic E-state index is 12.2. The van der Waals surface area contributed by atoms with Gasteiger partial charge in [0, 0.05) is 12.7 Å². The van der Waals surface area contributed by atoms with E-state index in [2.05, 4.69) is 5.32 Å². The molecule has 0 spiro atoms. The average Bonchev–Trinajstić information content (AvgIpc) is 3.23. The van der Waals surface area contributed by atoms with E-state index < -0.39 is 17.5 Å². The van der Waals surface area contributed by atoms with Crippen LogP contribution in [0.25, 0.3) is 0 Å². The molecule has 1 unspecified atom stereocenters. The largest absolute Gasteiger partial charge is 0.508 e. The van der Waals surface area contributed by atoms with Crippen LogP contribution in [0.5, 0.6) is 5.75 Å². The molecule has 108 valence electrons. The number of aromatic hydroxyl groups is 1. The molecule has 1 saturated carbocycles. The zero-order valence-corrected chi connectivity index (χ0v) is 11.5.